The van der Waals surface area contributed by atoms with Crippen LogP contribution < -0.4 is 11.1 Å². The summed E-state index contributed by atoms with van der Waals surface area (Å²) in [4.78, 5) is 14.2. The van der Waals surface area contributed by atoms with Crippen molar-refractivity contribution in [1.82, 2.24) is 4.90 Å². The molecule has 0 aliphatic carbocycles. The molecule has 1 saturated heterocycles. The SMILES string of the molecule is CC1CN(CC(=O)Nc2ccc(F)cc2N)CC(C)S1. The number of amides is 1. The number of halogens is 1. The molecule has 1 aliphatic heterocycles. The lowest BCUT2D eigenvalue weighted by molar-refractivity contribution is -0.117. The summed E-state index contributed by atoms with van der Waals surface area (Å²) in [5.74, 6) is -0.522. The van der Waals surface area contributed by atoms with E-state index in [1.807, 2.05) is 11.8 Å². The van der Waals surface area contributed by atoms with Gasteiger partial charge in [0, 0.05) is 23.6 Å². The highest BCUT2D eigenvalue weighted by molar-refractivity contribution is 8.00. The molecule has 0 radical (unpaired) electrons. The number of nitrogen functional groups attached to an aromatic ring is 1. The molecular weight excluding hydrogens is 277 g/mol. The molecule has 4 nitrogen and oxygen atoms in total. The molecule has 110 valence electrons. The second-order valence-electron chi connectivity index (χ2n) is 5.23. The van der Waals surface area contributed by atoms with E-state index >= 15 is 0 Å². The predicted molar refractivity (Wildman–Crippen MR) is 82.4 cm³/mol. The second-order valence-corrected chi connectivity index (χ2v) is 7.11. The van der Waals surface area contributed by atoms with Gasteiger partial charge < -0.3 is 11.1 Å². The van der Waals surface area contributed by atoms with E-state index in [1.54, 1.807) is 0 Å². The summed E-state index contributed by atoms with van der Waals surface area (Å²) in [5, 5.41) is 3.80. The van der Waals surface area contributed by atoms with Crippen LogP contribution in [0.15, 0.2) is 18.2 Å². The molecule has 0 spiro atoms. The largest absolute Gasteiger partial charge is 0.397 e. The van der Waals surface area contributed by atoms with Crippen LogP contribution >= 0.6 is 11.8 Å². The molecule has 0 saturated carbocycles. The summed E-state index contributed by atoms with van der Waals surface area (Å²) in [6.45, 7) is 6.49. The van der Waals surface area contributed by atoms with Gasteiger partial charge in [-0.2, -0.15) is 11.8 Å². The first kappa shape index (κ1) is 15.1. The van der Waals surface area contributed by atoms with Crippen LogP contribution in [0.25, 0.3) is 0 Å². The van der Waals surface area contributed by atoms with Crippen LogP contribution in [0.4, 0.5) is 15.8 Å². The highest BCUT2D eigenvalue weighted by atomic mass is 32.2. The average Bonchev–Trinajstić information content (AvgIpc) is 2.31. The van der Waals surface area contributed by atoms with E-state index in [0.29, 0.717) is 22.7 Å². The Morgan fingerprint density at radius 3 is 2.70 bits per heavy atom. The van der Waals surface area contributed by atoms with E-state index in [4.69, 9.17) is 5.73 Å². The molecular formula is C14H20FN3OS. The smallest absolute Gasteiger partial charge is 0.238 e. The maximum Gasteiger partial charge on any atom is 0.238 e. The number of nitrogens with two attached hydrogens (primary N) is 1. The Kier molecular flexibility index (Phi) is 4.88. The fourth-order valence-corrected chi connectivity index (χ4v) is 3.84. The first-order valence-corrected chi connectivity index (χ1v) is 7.61. The Morgan fingerprint density at radius 2 is 2.10 bits per heavy atom. The molecule has 1 aromatic carbocycles. The summed E-state index contributed by atoms with van der Waals surface area (Å²) in [7, 11) is 0. The third-order valence-corrected chi connectivity index (χ3v) is 4.38. The Bertz CT molecular complexity index is 487. The van der Waals surface area contributed by atoms with E-state index in [-0.39, 0.29) is 11.6 Å². The number of nitrogens with one attached hydrogen (secondary N) is 1. The van der Waals surface area contributed by atoms with Crippen LogP contribution in [0.2, 0.25) is 0 Å². The fourth-order valence-electron chi connectivity index (χ4n) is 2.45. The molecule has 1 aromatic rings. The maximum atomic E-state index is 12.9. The first-order chi connectivity index (χ1) is 9.44. The summed E-state index contributed by atoms with van der Waals surface area (Å²) in [6, 6.07) is 3.98. The lowest BCUT2D eigenvalue weighted by Gasteiger charge is -2.34. The van der Waals surface area contributed by atoms with Gasteiger partial charge in [0.1, 0.15) is 5.82 Å². The van der Waals surface area contributed by atoms with Crippen molar-refractivity contribution < 1.29 is 9.18 Å². The number of hydrogen-bond donors (Lipinski definition) is 2. The van der Waals surface area contributed by atoms with Gasteiger partial charge in [0.2, 0.25) is 5.91 Å². The highest BCUT2D eigenvalue weighted by Crippen LogP contribution is 2.24. The van der Waals surface area contributed by atoms with Crippen LogP contribution in [0, 0.1) is 5.82 Å². The fraction of sp³-hybridized carbons (Fsp3) is 0.500. The number of thioether (sulfide) groups is 1. The number of rotatable bonds is 3. The monoisotopic (exact) mass is 297 g/mol. The Balaban J connectivity index is 1.92. The van der Waals surface area contributed by atoms with E-state index < -0.39 is 5.82 Å². The molecule has 1 heterocycles. The molecule has 6 heteroatoms. The van der Waals surface area contributed by atoms with E-state index in [9.17, 15) is 9.18 Å². The second kappa shape index (κ2) is 6.45. The summed E-state index contributed by atoms with van der Waals surface area (Å²) in [5.41, 5.74) is 6.38. The van der Waals surface area contributed by atoms with Crippen molar-refractivity contribution >= 4 is 29.0 Å². The van der Waals surface area contributed by atoms with Gasteiger partial charge in [0.15, 0.2) is 0 Å². The van der Waals surface area contributed by atoms with Gasteiger partial charge in [-0.25, -0.2) is 4.39 Å². The zero-order chi connectivity index (χ0) is 14.7. The quantitative estimate of drug-likeness (QED) is 0.840. The lowest BCUT2D eigenvalue weighted by Crippen LogP contribution is -2.44. The van der Waals surface area contributed by atoms with E-state index in [2.05, 4.69) is 24.1 Å². The number of hydrogen-bond acceptors (Lipinski definition) is 4. The van der Waals surface area contributed by atoms with E-state index in [1.165, 1.54) is 18.2 Å². The highest BCUT2D eigenvalue weighted by Gasteiger charge is 2.23. The minimum atomic E-state index is -0.406. The maximum absolute atomic E-state index is 12.9. The van der Waals surface area contributed by atoms with Crippen LogP contribution in [-0.4, -0.2) is 40.9 Å². The number of carbonyl (C=O) groups excluding carboxylic acids is 1. The van der Waals surface area contributed by atoms with Gasteiger partial charge in [0.25, 0.3) is 0 Å². The van der Waals surface area contributed by atoms with Crippen LogP contribution in [-0.2, 0) is 4.79 Å². The molecule has 2 atom stereocenters. The van der Waals surface area contributed by atoms with Gasteiger partial charge in [-0.1, -0.05) is 13.8 Å². The molecule has 1 fully saturated rings. The summed E-state index contributed by atoms with van der Waals surface area (Å²) in [6.07, 6.45) is 0. The Labute approximate surface area is 122 Å². The summed E-state index contributed by atoms with van der Waals surface area (Å²) < 4.78 is 12.9. The van der Waals surface area contributed by atoms with Crippen molar-refractivity contribution in [2.24, 2.45) is 0 Å². The molecule has 0 aromatic heterocycles. The zero-order valence-corrected chi connectivity index (χ0v) is 12.5. The average molecular weight is 297 g/mol. The Hall–Kier alpha value is -1.27. The van der Waals surface area contributed by atoms with Crippen molar-refractivity contribution in [3.05, 3.63) is 24.0 Å². The number of benzene rings is 1. The minimum Gasteiger partial charge on any atom is -0.397 e. The van der Waals surface area contributed by atoms with E-state index in [0.717, 1.165) is 13.1 Å². The molecule has 0 bridgehead atoms. The van der Waals surface area contributed by atoms with Gasteiger partial charge in [0.05, 0.1) is 17.9 Å². The normalized spacial score (nSPS) is 23.6. The minimum absolute atomic E-state index is 0.116. The third kappa shape index (κ3) is 4.11. The number of carbonyl (C=O) groups is 1. The Morgan fingerprint density at radius 1 is 1.45 bits per heavy atom. The van der Waals surface area contributed by atoms with Crippen molar-refractivity contribution in [2.45, 2.75) is 24.3 Å². The van der Waals surface area contributed by atoms with Crippen LogP contribution in [0.3, 0.4) is 0 Å². The van der Waals surface area contributed by atoms with Gasteiger partial charge >= 0.3 is 0 Å². The molecule has 2 rings (SSSR count). The third-order valence-electron chi connectivity index (χ3n) is 3.15. The van der Waals surface area contributed by atoms with Gasteiger partial charge in [-0.05, 0) is 18.2 Å². The standard InChI is InChI=1S/C14H20FN3OS/c1-9-6-18(7-10(2)20-9)8-14(19)17-13-4-3-11(15)5-12(13)16/h3-5,9-10H,6-8,16H2,1-2H3,(H,17,19). The topological polar surface area (TPSA) is 58.4 Å². The number of anilines is 2. The number of nitrogens with zero attached hydrogens (tertiary/aromatic N) is 1. The van der Waals surface area contributed by atoms with Gasteiger partial charge in [-0.15, -0.1) is 0 Å². The van der Waals surface area contributed by atoms with Crippen molar-refractivity contribution in [2.75, 3.05) is 30.7 Å². The molecule has 2 unspecified atom stereocenters. The predicted octanol–water partition coefficient (Wildman–Crippen LogP) is 2.17. The molecule has 20 heavy (non-hydrogen) atoms. The van der Waals surface area contributed by atoms with Crippen molar-refractivity contribution in [3.63, 3.8) is 0 Å². The molecule has 3 N–H and O–H groups in total. The van der Waals surface area contributed by atoms with Gasteiger partial charge in [-0.3, -0.25) is 9.69 Å². The molecule has 1 aliphatic rings. The van der Waals surface area contributed by atoms with Crippen LogP contribution in [0.5, 0.6) is 0 Å². The van der Waals surface area contributed by atoms with Crippen molar-refractivity contribution in [3.8, 4) is 0 Å². The lowest BCUT2D eigenvalue weighted by atomic mass is 10.2. The summed E-state index contributed by atoms with van der Waals surface area (Å²) >= 11 is 1.95. The zero-order valence-electron chi connectivity index (χ0n) is 11.7. The first-order valence-electron chi connectivity index (χ1n) is 6.66. The van der Waals surface area contributed by atoms with Crippen molar-refractivity contribution in [1.29, 1.82) is 0 Å². The van der Waals surface area contributed by atoms with Crippen LogP contribution in [0.1, 0.15) is 13.8 Å². The molecule has 1 amide bonds.